The number of aromatic nitrogens is 1. The molecule has 6 heteroatoms. The van der Waals surface area contributed by atoms with Crippen molar-refractivity contribution in [3.63, 3.8) is 0 Å². The molecule has 0 radical (unpaired) electrons. The van der Waals surface area contributed by atoms with E-state index in [2.05, 4.69) is 6.58 Å². The predicted molar refractivity (Wildman–Crippen MR) is 88.8 cm³/mol. The van der Waals surface area contributed by atoms with Gasteiger partial charge in [0.25, 0.3) is 0 Å². The van der Waals surface area contributed by atoms with Gasteiger partial charge in [0.05, 0.1) is 5.52 Å². The Morgan fingerprint density at radius 1 is 1.29 bits per heavy atom. The molecule has 2 aromatic rings. The molecule has 124 valence electrons. The molecule has 24 heavy (non-hydrogen) atoms. The van der Waals surface area contributed by atoms with Crippen LogP contribution < -0.4 is 5.76 Å². The van der Waals surface area contributed by atoms with Crippen molar-refractivity contribution in [1.29, 1.82) is 0 Å². The van der Waals surface area contributed by atoms with Gasteiger partial charge in [-0.2, -0.15) is 0 Å². The van der Waals surface area contributed by atoms with E-state index in [0.29, 0.717) is 28.6 Å². The Morgan fingerprint density at radius 2 is 1.96 bits per heavy atom. The van der Waals surface area contributed by atoms with Crippen LogP contribution in [-0.4, -0.2) is 21.2 Å². The molecule has 3 rings (SSSR count). The van der Waals surface area contributed by atoms with Crippen molar-refractivity contribution in [2.45, 2.75) is 32.7 Å². The van der Waals surface area contributed by atoms with E-state index in [1.54, 1.807) is 25.1 Å². The summed E-state index contributed by atoms with van der Waals surface area (Å²) < 4.78 is 6.58. The first-order valence-electron chi connectivity index (χ1n) is 7.69. The minimum atomic E-state index is -0.526. The van der Waals surface area contributed by atoms with Crippen molar-refractivity contribution < 1.29 is 19.1 Å². The van der Waals surface area contributed by atoms with Crippen LogP contribution in [0.5, 0.6) is 0 Å². The number of ketones is 2. The Hall–Kier alpha value is -2.89. The molecule has 0 unspecified atom stereocenters. The lowest BCUT2D eigenvalue weighted by Gasteiger charge is -2.15. The first kappa shape index (κ1) is 16.0. The molecule has 1 aliphatic carbocycles. The topological polar surface area (TPSA) is 89.5 Å². The van der Waals surface area contributed by atoms with Crippen LogP contribution in [0, 0.1) is 6.92 Å². The van der Waals surface area contributed by atoms with Crippen molar-refractivity contribution in [2.24, 2.45) is 0 Å². The second-order valence-electron chi connectivity index (χ2n) is 5.78. The number of carbonyl (C=O) groups is 2. The molecule has 1 aliphatic rings. The van der Waals surface area contributed by atoms with Gasteiger partial charge in [-0.15, -0.1) is 6.58 Å². The lowest BCUT2D eigenvalue weighted by molar-refractivity contribution is -0.123. The number of carbonyl (C=O) groups excluding carboxylic acids is 2. The fourth-order valence-corrected chi connectivity index (χ4v) is 3.10. The lowest BCUT2D eigenvalue weighted by Crippen LogP contribution is -2.20. The Kier molecular flexibility index (Phi) is 3.97. The third-order valence-corrected chi connectivity index (χ3v) is 4.25. The van der Waals surface area contributed by atoms with Gasteiger partial charge in [-0.05, 0) is 31.0 Å². The largest absolute Gasteiger partial charge is 0.506 e. The quantitative estimate of drug-likeness (QED) is 0.405. The predicted octanol–water partition coefficient (Wildman–Crippen LogP) is 2.68. The number of allylic oxidation sites excluding steroid dienone is 2. The number of hydrogen-bond donors (Lipinski definition) is 1. The molecule has 1 heterocycles. The first-order chi connectivity index (χ1) is 11.5. The summed E-state index contributed by atoms with van der Waals surface area (Å²) in [6.07, 6.45) is 2.57. The highest BCUT2D eigenvalue weighted by Crippen LogP contribution is 2.30. The number of hydrogen-bond acceptors (Lipinski definition) is 5. The van der Waals surface area contributed by atoms with Crippen molar-refractivity contribution in [3.05, 3.63) is 52.0 Å². The minimum absolute atomic E-state index is 0.148. The summed E-state index contributed by atoms with van der Waals surface area (Å²) in [6, 6.07) is 3.10. The maximum atomic E-state index is 12.0. The second kappa shape index (κ2) is 5.96. The minimum Gasteiger partial charge on any atom is -0.506 e. The van der Waals surface area contributed by atoms with E-state index in [-0.39, 0.29) is 42.3 Å². The first-order valence-corrected chi connectivity index (χ1v) is 7.69. The number of Topliss-reactive ketones (excluding diaryl/α,β-unsaturated/α-hetero) is 2. The van der Waals surface area contributed by atoms with E-state index in [1.807, 2.05) is 0 Å². The number of aliphatic hydroxyl groups excluding tert-OH is 1. The SMILES string of the molecule is C=CCn1c(=O)oc2ccc(C(O)=C3C(=O)CCCC3=O)c(C)c21. The third kappa shape index (κ3) is 2.40. The molecule has 0 aliphatic heterocycles. The highest BCUT2D eigenvalue weighted by atomic mass is 16.4. The average molecular weight is 327 g/mol. The highest BCUT2D eigenvalue weighted by molar-refractivity contribution is 6.25. The molecule has 1 aromatic carbocycles. The molecule has 0 amide bonds. The molecule has 0 atom stereocenters. The van der Waals surface area contributed by atoms with Gasteiger partial charge in [-0.25, -0.2) is 4.79 Å². The third-order valence-electron chi connectivity index (χ3n) is 4.25. The number of benzene rings is 1. The zero-order valence-corrected chi connectivity index (χ0v) is 13.3. The average Bonchev–Trinajstić information content (AvgIpc) is 2.84. The normalized spacial score (nSPS) is 15.1. The number of oxazole rings is 1. The van der Waals surface area contributed by atoms with Crippen molar-refractivity contribution in [3.8, 4) is 0 Å². The van der Waals surface area contributed by atoms with E-state index < -0.39 is 5.76 Å². The summed E-state index contributed by atoms with van der Waals surface area (Å²) in [5.41, 5.74) is 1.66. The summed E-state index contributed by atoms with van der Waals surface area (Å²) in [5.74, 6) is -1.55. The summed E-state index contributed by atoms with van der Waals surface area (Å²) in [7, 11) is 0. The molecule has 1 aromatic heterocycles. The zero-order chi connectivity index (χ0) is 17.4. The maximum Gasteiger partial charge on any atom is 0.420 e. The van der Waals surface area contributed by atoms with Crippen LogP contribution in [0.1, 0.15) is 30.4 Å². The summed E-state index contributed by atoms with van der Waals surface area (Å²) >= 11 is 0. The maximum absolute atomic E-state index is 12.0. The Labute approximate surface area is 137 Å². The Bertz CT molecular complexity index is 940. The van der Waals surface area contributed by atoms with E-state index in [1.165, 1.54) is 4.57 Å². The van der Waals surface area contributed by atoms with E-state index in [0.717, 1.165) is 0 Å². The van der Waals surface area contributed by atoms with Crippen LogP contribution >= 0.6 is 0 Å². The molecule has 0 saturated heterocycles. The van der Waals surface area contributed by atoms with E-state index in [9.17, 15) is 19.5 Å². The zero-order valence-electron chi connectivity index (χ0n) is 13.3. The summed E-state index contributed by atoms with van der Waals surface area (Å²) in [4.78, 5) is 36.0. The number of rotatable bonds is 3. The van der Waals surface area contributed by atoms with Crippen LogP contribution in [0.3, 0.4) is 0 Å². The van der Waals surface area contributed by atoms with E-state index in [4.69, 9.17) is 4.42 Å². The van der Waals surface area contributed by atoms with Crippen LogP contribution in [-0.2, 0) is 16.1 Å². The number of nitrogens with zero attached hydrogens (tertiary/aromatic N) is 1. The molecular formula is C18H17NO5. The van der Waals surface area contributed by atoms with E-state index >= 15 is 0 Å². The molecule has 6 nitrogen and oxygen atoms in total. The van der Waals surface area contributed by atoms with Gasteiger partial charge in [0.1, 0.15) is 11.3 Å². The highest BCUT2D eigenvalue weighted by Gasteiger charge is 2.28. The van der Waals surface area contributed by atoms with Gasteiger partial charge in [-0.1, -0.05) is 6.08 Å². The van der Waals surface area contributed by atoms with Gasteiger partial charge < -0.3 is 9.52 Å². The number of aliphatic hydroxyl groups is 1. The van der Waals surface area contributed by atoms with Crippen LogP contribution in [0.15, 0.2) is 39.6 Å². The Morgan fingerprint density at radius 3 is 2.58 bits per heavy atom. The fraction of sp³-hybridized carbons (Fsp3) is 0.278. The van der Waals surface area contributed by atoms with Crippen molar-refractivity contribution in [1.82, 2.24) is 4.57 Å². The lowest BCUT2D eigenvalue weighted by atomic mass is 9.89. The molecule has 0 spiro atoms. The fourth-order valence-electron chi connectivity index (χ4n) is 3.10. The Balaban J connectivity index is 2.27. The smallest absolute Gasteiger partial charge is 0.420 e. The van der Waals surface area contributed by atoms with Crippen molar-refractivity contribution >= 4 is 28.4 Å². The number of aryl methyl sites for hydroxylation is 1. The summed E-state index contributed by atoms with van der Waals surface area (Å²) in [5, 5.41) is 10.6. The second-order valence-corrected chi connectivity index (χ2v) is 5.78. The standard InChI is InChI=1S/C18H17NO5/c1-3-9-19-16-10(2)11(7-8-14(16)24-18(19)23)17(22)15-12(20)5-4-6-13(15)21/h3,7-8,22H,1,4-6,9H2,2H3. The monoisotopic (exact) mass is 327 g/mol. The van der Waals surface area contributed by atoms with Crippen LogP contribution in [0.4, 0.5) is 0 Å². The van der Waals surface area contributed by atoms with Gasteiger partial charge >= 0.3 is 5.76 Å². The summed E-state index contributed by atoms with van der Waals surface area (Å²) in [6.45, 7) is 5.58. The van der Waals surface area contributed by atoms with Crippen molar-refractivity contribution in [2.75, 3.05) is 0 Å². The van der Waals surface area contributed by atoms with Gasteiger partial charge in [-0.3, -0.25) is 14.2 Å². The molecular weight excluding hydrogens is 310 g/mol. The molecule has 0 bridgehead atoms. The van der Waals surface area contributed by atoms with Crippen LogP contribution in [0.25, 0.3) is 16.9 Å². The number of fused-ring (bicyclic) bond motifs is 1. The molecule has 1 N–H and O–H groups in total. The van der Waals surface area contributed by atoms with Gasteiger partial charge in [0, 0.05) is 24.9 Å². The van der Waals surface area contributed by atoms with Crippen LogP contribution in [0.2, 0.25) is 0 Å². The van der Waals surface area contributed by atoms with Gasteiger partial charge in [0.15, 0.2) is 17.1 Å². The molecule has 1 fully saturated rings. The molecule has 1 saturated carbocycles. The van der Waals surface area contributed by atoms with Gasteiger partial charge in [0.2, 0.25) is 0 Å².